The molecule has 0 spiro atoms. The Hall–Kier alpha value is -4.25. The Labute approximate surface area is 249 Å². The summed E-state index contributed by atoms with van der Waals surface area (Å²) in [7, 11) is 3.58. The van der Waals surface area contributed by atoms with E-state index in [2.05, 4.69) is 16.4 Å². The lowest BCUT2D eigenvalue weighted by molar-refractivity contribution is 0.0739. The van der Waals surface area contributed by atoms with Crippen molar-refractivity contribution in [2.24, 2.45) is 7.05 Å². The monoisotopic (exact) mass is 587 g/mol. The summed E-state index contributed by atoms with van der Waals surface area (Å²) in [5.41, 5.74) is 4.26. The quantitative estimate of drug-likeness (QED) is 0.229. The Morgan fingerprint density at radius 1 is 1.14 bits per heavy atom. The van der Waals surface area contributed by atoms with E-state index < -0.39 is 5.60 Å². The normalized spacial score (nSPS) is 11.7. The number of carbonyl (C=O) groups excluding carboxylic acids is 1. The molecule has 0 radical (unpaired) electrons. The van der Waals surface area contributed by atoms with Gasteiger partial charge in [0.15, 0.2) is 5.65 Å². The van der Waals surface area contributed by atoms with Crippen molar-refractivity contribution in [3.63, 3.8) is 0 Å². The summed E-state index contributed by atoms with van der Waals surface area (Å²) in [6, 6.07) is 15.2. The highest BCUT2D eigenvalue weighted by Gasteiger charge is 2.25. The molecule has 0 aliphatic heterocycles. The van der Waals surface area contributed by atoms with Crippen LogP contribution < -0.4 is 5.32 Å². The van der Waals surface area contributed by atoms with Gasteiger partial charge in [0, 0.05) is 56.8 Å². The van der Waals surface area contributed by atoms with Crippen molar-refractivity contribution in [1.82, 2.24) is 29.0 Å². The molecular formula is C31H34ClN7O3. The van der Waals surface area contributed by atoms with Gasteiger partial charge in [-0.25, -0.2) is 9.97 Å². The van der Waals surface area contributed by atoms with Crippen LogP contribution in [-0.4, -0.2) is 65.4 Å². The smallest absolute Gasteiger partial charge is 0.255 e. The van der Waals surface area contributed by atoms with E-state index in [0.29, 0.717) is 45.5 Å². The molecule has 0 saturated carbocycles. The number of benzene rings is 2. The topological polar surface area (TPSA) is 121 Å². The number of anilines is 1. The van der Waals surface area contributed by atoms with Crippen molar-refractivity contribution in [3.8, 4) is 22.5 Å². The van der Waals surface area contributed by atoms with Gasteiger partial charge >= 0.3 is 0 Å². The zero-order valence-electron chi connectivity index (χ0n) is 24.3. The number of aliphatic hydroxyl groups is 2. The summed E-state index contributed by atoms with van der Waals surface area (Å²) < 4.78 is 3.69. The lowest BCUT2D eigenvalue weighted by Crippen LogP contribution is -2.29. The third-order valence-corrected chi connectivity index (χ3v) is 7.47. The minimum atomic E-state index is -1.22. The van der Waals surface area contributed by atoms with Crippen LogP contribution in [0.2, 0.25) is 5.02 Å². The van der Waals surface area contributed by atoms with E-state index in [9.17, 15) is 15.0 Å². The Morgan fingerprint density at radius 3 is 2.62 bits per heavy atom. The van der Waals surface area contributed by atoms with Gasteiger partial charge < -0.3 is 25.0 Å². The van der Waals surface area contributed by atoms with Crippen LogP contribution >= 0.6 is 11.6 Å². The summed E-state index contributed by atoms with van der Waals surface area (Å²) in [5.74, 6) is 1.23. The highest BCUT2D eigenvalue weighted by atomic mass is 35.5. The van der Waals surface area contributed by atoms with Gasteiger partial charge in [0.05, 0.1) is 28.6 Å². The maximum absolute atomic E-state index is 13.0. The predicted octanol–water partition coefficient (Wildman–Crippen LogP) is 4.66. The van der Waals surface area contributed by atoms with Crippen molar-refractivity contribution in [3.05, 3.63) is 88.5 Å². The second-order valence-electron chi connectivity index (χ2n) is 10.8. The fraction of sp³-hybridized carbons (Fsp3) is 0.290. The number of amides is 1. The number of rotatable bonds is 9. The van der Waals surface area contributed by atoms with Gasteiger partial charge in [-0.3, -0.25) is 4.79 Å². The molecule has 42 heavy (non-hydrogen) atoms. The third-order valence-electron chi connectivity index (χ3n) is 7.14. The van der Waals surface area contributed by atoms with E-state index in [1.807, 2.05) is 49.0 Å². The molecule has 11 heteroatoms. The molecule has 0 fully saturated rings. The number of hydrogen-bond acceptors (Lipinski definition) is 7. The summed E-state index contributed by atoms with van der Waals surface area (Å²) in [4.78, 5) is 23.7. The maximum atomic E-state index is 13.0. The standard InChI is InChI=1S/C31H34ClN7O3/c1-19-27(21-9-10-24(32)23(16-21)30(41)38(5)13-14-40)29-35-25(31(2,3)42)17-26(39(29)36-19)34-18-20-7-6-8-22(15-20)28-33-11-12-37(28)4/h6-12,15-17,34,40,42H,13-14,18H2,1-5H3. The number of aromatic nitrogens is 5. The minimum absolute atomic E-state index is 0.153. The molecule has 3 aromatic heterocycles. The van der Waals surface area contributed by atoms with Crippen LogP contribution in [0.3, 0.4) is 0 Å². The average molecular weight is 588 g/mol. The van der Waals surface area contributed by atoms with Gasteiger partial charge in [-0.05, 0) is 50.1 Å². The van der Waals surface area contributed by atoms with Crippen molar-refractivity contribution >= 4 is 29.0 Å². The Balaban J connectivity index is 1.56. The van der Waals surface area contributed by atoms with E-state index in [4.69, 9.17) is 21.7 Å². The van der Waals surface area contributed by atoms with Crippen molar-refractivity contribution in [2.75, 3.05) is 25.5 Å². The molecule has 0 aliphatic carbocycles. The van der Waals surface area contributed by atoms with E-state index in [-0.39, 0.29) is 19.1 Å². The number of imidazole rings is 1. The molecule has 2 aromatic carbocycles. The second-order valence-corrected chi connectivity index (χ2v) is 11.2. The van der Waals surface area contributed by atoms with Gasteiger partial charge in [0.2, 0.25) is 0 Å². The van der Waals surface area contributed by atoms with Crippen LogP contribution in [0, 0.1) is 6.92 Å². The van der Waals surface area contributed by atoms with E-state index >= 15 is 0 Å². The van der Waals surface area contributed by atoms with Gasteiger partial charge in [-0.15, -0.1) is 0 Å². The second kappa shape index (κ2) is 11.6. The fourth-order valence-electron chi connectivity index (χ4n) is 4.86. The Kier molecular flexibility index (Phi) is 8.05. The molecule has 3 N–H and O–H groups in total. The summed E-state index contributed by atoms with van der Waals surface area (Å²) >= 11 is 6.42. The van der Waals surface area contributed by atoms with Crippen LogP contribution in [0.1, 0.15) is 41.2 Å². The van der Waals surface area contributed by atoms with Crippen LogP contribution in [0.25, 0.3) is 28.2 Å². The van der Waals surface area contributed by atoms with Crippen molar-refractivity contribution in [1.29, 1.82) is 0 Å². The van der Waals surface area contributed by atoms with Crippen LogP contribution in [0.15, 0.2) is 60.9 Å². The SMILES string of the molecule is Cc1nn2c(NCc3cccc(-c4nccn4C)c3)cc(C(C)(C)O)nc2c1-c1ccc(Cl)c(C(=O)N(C)CCO)c1. The fourth-order valence-corrected chi connectivity index (χ4v) is 5.06. The zero-order chi connectivity index (χ0) is 30.2. The Bertz CT molecular complexity index is 1770. The molecule has 5 rings (SSSR count). The highest BCUT2D eigenvalue weighted by molar-refractivity contribution is 6.34. The molecule has 0 aliphatic rings. The van der Waals surface area contributed by atoms with Gasteiger partial charge in [-0.2, -0.15) is 9.61 Å². The summed E-state index contributed by atoms with van der Waals surface area (Å²) in [6.45, 7) is 5.77. The van der Waals surface area contributed by atoms with Crippen LogP contribution in [-0.2, 0) is 19.2 Å². The van der Waals surface area contributed by atoms with Gasteiger partial charge in [-0.1, -0.05) is 35.9 Å². The number of aliphatic hydroxyl groups excluding tert-OH is 1. The van der Waals surface area contributed by atoms with Crippen LogP contribution in [0.5, 0.6) is 0 Å². The highest BCUT2D eigenvalue weighted by Crippen LogP contribution is 2.34. The van der Waals surface area contributed by atoms with E-state index in [0.717, 1.165) is 22.5 Å². The number of hydrogen-bond donors (Lipinski definition) is 3. The first-order valence-corrected chi connectivity index (χ1v) is 14.0. The van der Waals surface area contributed by atoms with E-state index in [1.165, 1.54) is 4.90 Å². The number of nitrogens with zero attached hydrogens (tertiary/aromatic N) is 6. The first kappa shape index (κ1) is 29.2. The molecule has 218 valence electrons. The maximum Gasteiger partial charge on any atom is 0.255 e. The molecule has 10 nitrogen and oxygen atoms in total. The van der Waals surface area contributed by atoms with Crippen LogP contribution in [0.4, 0.5) is 5.82 Å². The number of fused-ring (bicyclic) bond motifs is 1. The Morgan fingerprint density at radius 2 is 1.93 bits per heavy atom. The van der Waals surface area contributed by atoms with Gasteiger partial charge in [0.25, 0.3) is 5.91 Å². The summed E-state index contributed by atoms with van der Waals surface area (Å²) in [5, 5.41) is 28.8. The molecule has 0 bridgehead atoms. The number of carbonyl (C=O) groups is 1. The van der Waals surface area contributed by atoms with E-state index in [1.54, 1.807) is 49.8 Å². The average Bonchev–Trinajstić information content (AvgIpc) is 3.53. The number of nitrogens with one attached hydrogen (secondary N) is 1. The molecule has 5 aromatic rings. The number of likely N-dealkylation sites (N-methyl/N-ethyl adjacent to an activating group) is 1. The first-order valence-electron chi connectivity index (χ1n) is 13.6. The number of aryl methyl sites for hydroxylation is 2. The molecular weight excluding hydrogens is 554 g/mol. The zero-order valence-corrected chi connectivity index (χ0v) is 25.0. The largest absolute Gasteiger partial charge is 0.395 e. The first-order chi connectivity index (χ1) is 20.0. The summed E-state index contributed by atoms with van der Waals surface area (Å²) in [6.07, 6.45) is 3.69. The van der Waals surface area contributed by atoms with Crippen molar-refractivity contribution in [2.45, 2.75) is 32.9 Å². The lowest BCUT2D eigenvalue weighted by atomic mass is 10.0. The molecule has 3 heterocycles. The molecule has 1 amide bonds. The third kappa shape index (κ3) is 5.74. The van der Waals surface area contributed by atoms with Gasteiger partial charge in [0.1, 0.15) is 17.2 Å². The molecule has 0 saturated heterocycles. The predicted molar refractivity (Wildman–Crippen MR) is 163 cm³/mol. The minimum Gasteiger partial charge on any atom is -0.395 e. The number of halogens is 1. The van der Waals surface area contributed by atoms with Crippen molar-refractivity contribution < 1.29 is 15.0 Å². The molecule has 0 unspecified atom stereocenters. The molecule has 0 atom stereocenters. The lowest BCUT2D eigenvalue weighted by Gasteiger charge is -2.19.